The molecule has 108 valence electrons. The lowest BCUT2D eigenvalue weighted by Crippen LogP contribution is -2.40. The van der Waals surface area contributed by atoms with Gasteiger partial charge in [0.2, 0.25) is 0 Å². The van der Waals surface area contributed by atoms with Crippen LogP contribution in [0, 0.1) is 0 Å². The predicted octanol–water partition coefficient (Wildman–Crippen LogP) is 1.38. The summed E-state index contributed by atoms with van der Waals surface area (Å²) in [6.45, 7) is 7.60. The lowest BCUT2D eigenvalue weighted by atomic mass is 10.2. The standard InChI is InChI=1S/C13H25N5O/c1-4-5-8-17-13(14-15-16-17)12-7-6-11(9-19)18(12)10(2)3/h10-12,19H,4-9H2,1-3H3/t11-,12-/m0/s1. The van der Waals surface area contributed by atoms with Crippen molar-refractivity contribution in [2.45, 2.75) is 71.1 Å². The third-order valence-corrected chi connectivity index (χ3v) is 3.94. The Labute approximate surface area is 114 Å². The first-order chi connectivity index (χ1) is 9.19. The molecule has 6 nitrogen and oxygen atoms in total. The van der Waals surface area contributed by atoms with Gasteiger partial charge in [-0.1, -0.05) is 13.3 Å². The summed E-state index contributed by atoms with van der Waals surface area (Å²) in [5, 5.41) is 21.7. The summed E-state index contributed by atoms with van der Waals surface area (Å²) in [4.78, 5) is 2.36. The van der Waals surface area contributed by atoms with E-state index in [1.54, 1.807) is 0 Å². The average molecular weight is 267 g/mol. The summed E-state index contributed by atoms with van der Waals surface area (Å²) < 4.78 is 1.93. The Balaban J connectivity index is 2.18. The van der Waals surface area contributed by atoms with Crippen LogP contribution in [0.4, 0.5) is 0 Å². The fraction of sp³-hybridized carbons (Fsp3) is 0.923. The predicted molar refractivity (Wildman–Crippen MR) is 72.5 cm³/mol. The van der Waals surface area contributed by atoms with Gasteiger partial charge in [0.15, 0.2) is 5.82 Å². The molecule has 0 unspecified atom stereocenters. The van der Waals surface area contributed by atoms with Gasteiger partial charge in [0.25, 0.3) is 0 Å². The molecule has 2 atom stereocenters. The summed E-state index contributed by atoms with van der Waals surface area (Å²) in [6, 6.07) is 0.867. The van der Waals surface area contributed by atoms with Crippen LogP contribution in [0.25, 0.3) is 0 Å². The molecule has 2 rings (SSSR count). The molecule has 6 heteroatoms. The molecule has 1 aliphatic rings. The van der Waals surface area contributed by atoms with Gasteiger partial charge in [-0.05, 0) is 43.5 Å². The van der Waals surface area contributed by atoms with Crippen LogP contribution in [0.3, 0.4) is 0 Å². The molecule has 0 aromatic carbocycles. The van der Waals surface area contributed by atoms with Gasteiger partial charge in [-0.2, -0.15) is 0 Å². The minimum atomic E-state index is 0.213. The number of aryl methyl sites for hydroxylation is 1. The van der Waals surface area contributed by atoms with Gasteiger partial charge in [-0.25, -0.2) is 4.68 Å². The van der Waals surface area contributed by atoms with Gasteiger partial charge in [0.1, 0.15) is 0 Å². The van der Waals surface area contributed by atoms with E-state index in [0.29, 0.717) is 6.04 Å². The highest BCUT2D eigenvalue weighted by Crippen LogP contribution is 2.36. The number of aliphatic hydroxyl groups is 1. The molecule has 0 spiro atoms. The number of hydrogen-bond donors (Lipinski definition) is 1. The number of rotatable bonds is 6. The van der Waals surface area contributed by atoms with Gasteiger partial charge >= 0.3 is 0 Å². The molecule has 0 aliphatic carbocycles. The second-order valence-electron chi connectivity index (χ2n) is 5.58. The molecule has 1 aliphatic heterocycles. The molecule has 2 heterocycles. The van der Waals surface area contributed by atoms with Crippen molar-refractivity contribution in [3.8, 4) is 0 Å². The van der Waals surface area contributed by atoms with E-state index in [9.17, 15) is 5.11 Å². The van der Waals surface area contributed by atoms with Crippen molar-refractivity contribution in [2.24, 2.45) is 0 Å². The Hall–Kier alpha value is -1.01. The maximum atomic E-state index is 9.51. The highest BCUT2D eigenvalue weighted by Gasteiger charge is 2.38. The lowest BCUT2D eigenvalue weighted by molar-refractivity contribution is 0.0942. The maximum Gasteiger partial charge on any atom is 0.168 e. The summed E-state index contributed by atoms with van der Waals surface area (Å²) in [5.74, 6) is 0.957. The van der Waals surface area contributed by atoms with E-state index in [2.05, 4.69) is 41.2 Å². The molecule has 1 N–H and O–H groups in total. The molecule has 0 saturated carbocycles. The molecule has 1 saturated heterocycles. The zero-order valence-corrected chi connectivity index (χ0v) is 12.2. The first-order valence-corrected chi connectivity index (χ1v) is 7.33. The van der Waals surface area contributed by atoms with Gasteiger partial charge in [0, 0.05) is 18.6 Å². The highest BCUT2D eigenvalue weighted by atomic mass is 16.3. The largest absolute Gasteiger partial charge is 0.395 e. The summed E-state index contributed by atoms with van der Waals surface area (Å²) >= 11 is 0. The molecule has 0 amide bonds. The molecule has 1 aromatic rings. The Morgan fingerprint density at radius 2 is 2.16 bits per heavy atom. The van der Waals surface area contributed by atoms with Crippen molar-refractivity contribution in [1.29, 1.82) is 0 Å². The van der Waals surface area contributed by atoms with Crippen LogP contribution in [0.1, 0.15) is 58.3 Å². The van der Waals surface area contributed by atoms with Crippen LogP contribution in [-0.2, 0) is 6.54 Å². The number of tetrazole rings is 1. The molecule has 1 fully saturated rings. The molecule has 0 radical (unpaired) electrons. The first kappa shape index (κ1) is 14.4. The fourth-order valence-corrected chi connectivity index (χ4v) is 3.05. The van der Waals surface area contributed by atoms with Crippen LogP contribution in [0.2, 0.25) is 0 Å². The third kappa shape index (κ3) is 2.95. The van der Waals surface area contributed by atoms with Gasteiger partial charge in [-0.15, -0.1) is 5.10 Å². The lowest BCUT2D eigenvalue weighted by Gasteiger charge is -2.32. The first-order valence-electron chi connectivity index (χ1n) is 7.33. The van der Waals surface area contributed by atoms with E-state index in [1.165, 1.54) is 0 Å². The maximum absolute atomic E-state index is 9.51. The van der Waals surface area contributed by atoms with Crippen LogP contribution < -0.4 is 0 Å². The van der Waals surface area contributed by atoms with E-state index < -0.39 is 0 Å². The summed E-state index contributed by atoms with van der Waals surface area (Å²) in [6.07, 6.45) is 4.27. The second-order valence-corrected chi connectivity index (χ2v) is 5.58. The normalized spacial score (nSPS) is 24.5. The number of unbranched alkanes of at least 4 members (excludes halogenated alkanes) is 1. The van der Waals surface area contributed by atoms with Crippen LogP contribution >= 0.6 is 0 Å². The number of nitrogens with zero attached hydrogens (tertiary/aromatic N) is 5. The topological polar surface area (TPSA) is 67.1 Å². The van der Waals surface area contributed by atoms with Crippen molar-refractivity contribution in [1.82, 2.24) is 25.1 Å². The zero-order valence-electron chi connectivity index (χ0n) is 12.2. The molecule has 0 bridgehead atoms. The fourth-order valence-electron chi connectivity index (χ4n) is 3.05. The second kappa shape index (κ2) is 6.43. The van der Waals surface area contributed by atoms with Crippen molar-refractivity contribution >= 4 is 0 Å². The monoisotopic (exact) mass is 267 g/mol. The number of aromatic nitrogens is 4. The van der Waals surface area contributed by atoms with Crippen LogP contribution in [0.15, 0.2) is 0 Å². The third-order valence-electron chi connectivity index (χ3n) is 3.94. The minimum Gasteiger partial charge on any atom is -0.395 e. The van der Waals surface area contributed by atoms with Crippen molar-refractivity contribution < 1.29 is 5.11 Å². The summed E-state index contributed by atoms with van der Waals surface area (Å²) in [7, 11) is 0. The van der Waals surface area contributed by atoms with E-state index >= 15 is 0 Å². The van der Waals surface area contributed by atoms with E-state index in [0.717, 1.165) is 38.1 Å². The smallest absolute Gasteiger partial charge is 0.168 e. The molecular weight excluding hydrogens is 242 g/mol. The van der Waals surface area contributed by atoms with Gasteiger partial charge < -0.3 is 5.11 Å². The zero-order chi connectivity index (χ0) is 13.8. The van der Waals surface area contributed by atoms with Crippen molar-refractivity contribution in [3.05, 3.63) is 5.82 Å². The Morgan fingerprint density at radius 1 is 1.37 bits per heavy atom. The minimum absolute atomic E-state index is 0.213. The van der Waals surface area contributed by atoms with Crippen LogP contribution in [-0.4, -0.2) is 48.9 Å². The summed E-state index contributed by atoms with van der Waals surface area (Å²) in [5.41, 5.74) is 0. The molecular formula is C13H25N5O. The van der Waals surface area contributed by atoms with Crippen molar-refractivity contribution in [2.75, 3.05) is 6.61 Å². The highest BCUT2D eigenvalue weighted by molar-refractivity contribution is 5.01. The quantitative estimate of drug-likeness (QED) is 0.843. The number of likely N-dealkylation sites (tertiary alicyclic amines) is 1. The Kier molecular flexibility index (Phi) is 4.87. The number of hydrogen-bond acceptors (Lipinski definition) is 5. The Bertz CT molecular complexity index is 392. The van der Waals surface area contributed by atoms with E-state index in [4.69, 9.17) is 0 Å². The number of aliphatic hydroxyl groups excluding tert-OH is 1. The van der Waals surface area contributed by atoms with E-state index in [1.807, 2.05) is 4.68 Å². The van der Waals surface area contributed by atoms with Crippen molar-refractivity contribution in [3.63, 3.8) is 0 Å². The van der Waals surface area contributed by atoms with Crippen LogP contribution in [0.5, 0.6) is 0 Å². The Morgan fingerprint density at radius 3 is 2.79 bits per heavy atom. The molecule has 19 heavy (non-hydrogen) atoms. The van der Waals surface area contributed by atoms with Gasteiger partial charge in [0.05, 0.1) is 12.6 Å². The molecule has 1 aromatic heterocycles. The average Bonchev–Trinajstić information content (AvgIpc) is 3.01. The van der Waals surface area contributed by atoms with E-state index in [-0.39, 0.29) is 18.7 Å². The van der Waals surface area contributed by atoms with Gasteiger partial charge in [-0.3, -0.25) is 4.90 Å². The SMILES string of the molecule is CCCCn1nnnc1[C@@H]1CC[C@@H](CO)N1C(C)C.